The second-order valence-electron chi connectivity index (χ2n) is 4.44. The van der Waals surface area contributed by atoms with E-state index in [1.807, 2.05) is 13.8 Å². The first-order chi connectivity index (χ1) is 8.36. The molecule has 1 aromatic rings. The van der Waals surface area contributed by atoms with Gasteiger partial charge >= 0.3 is 0 Å². The Morgan fingerprint density at radius 3 is 2.22 bits per heavy atom. The van der Waals surface area contributed by atoms with Crippen molar-refractivity contribution in [1.29, 1.82) is 0 Å². The van der Waals surface area contributed by atoms with Crippen LogP contribution in [0, 0.1) is 6.92 Å². The van der Waals surface area contributed by atoms with Crippen molar-refractivity contribution in [2.24, 2.45) is 4.40 Å². The second kappa shape index (κ2) is 6.00. The monoisotopic (exact) mass is 268 g/mol. The first-order valence-corrected chi connectivity index (χ1v) is 7.38. The van der Waals surface area contributed by atoms with Crippen LogP contribution in [0.2, 0.25) is 0 Å². The number of nitrogens with zero attached hydrogens (tertiary/aromatic N) is 2. The van der Waals surface area contributed by atoms with Crippen molar-refractivity contribution in [3.63, 3.8) is 0 Å². The lowest BCUT2D eigenvalue weighted by Gasteiger charge is -2.14. The smallest absolute Gasteiger partial charge is 0.283 e. The van der Waals surface area contributed by atoms with E-state index < -0.39 is 10.0 Å². The van der Waals surface area contributed by atoms with Crippen molar-refractivity contribution in [1.82, 2.24) is 4.90 Å². The van der Waals surface area contributed by atoms with E-state index in [1.165, 1.54) is 0 Å². The molecule has 0 spiro atoms. The number of hydrogen-bond acceptors (Lipinski definition) is 2. The van der Waals surface area contributed by atoms with Gasteiger partial charge in [-0.25, -0.2) is 0 Å². The van der Waals surface area contributed by atoms with Gasteiger partial charge in [0.25, 0.3) is 10.0 Å². The van der Waals surface area contributed by atoms with E-state index in [0.717, 1.165) is 12.0 Å². The van der Waals surface area contributed by atoms with E-state index in [2.05, 4.69) is 4.40 Å². The Labute approximate surface area is 109 Å². The molecule has 0 amide bonds. The highest BCUT2D eigenvalue weighted by molar-refractivity contribution is 7.90. The van der Waals surface area contributed by atoms with Crippen molar-refractivity contribution < 1.29 is 8.42 Å². The van der Waals surface area contributed by atoms with Crippen LogP contribution in [0.15, 0.2) is 33.6 Å². The van der Waals surface area contributed by atoms with Gasteiger partial charge in [-0.1, -0.05) is 24.6 Å². The molecule has 0 aliphatic rings. The fourth-order valence-electron chi connectivity index (χ4n) is 1.48. The van der Waals surface area contributed by atoms with Crippen LogP contribution in [0.1, 0.15) is 25.3 Å². The molecule has 1 aromatic carbocycles. The fourth-order valence-corrected chi connectivity index (χ4v) is 2.59. The molecule has 0 bridgehead atoms. The van der Waals surface area contributed by atoms with Crippen LogP contribution in [0.3, 0.4) is 0 Å². The topological polar surface area (TPSA) is 49.7 Å². The molecule has 0 atom stereocenters. The van der Waals surface area contributed by atoms with Crippen molar-refractivity contribution >= 4 is 15.9 Å². The maximum Gasteiger partial charge on any atom is 0.283 e. The standard InChI is InChI=1S/C13H20N2O2S/c1-5-6-13(15(3)4)14-18(16,17)12-9-7-11(2)8-10-12/h7-10H,5-6H2,1-4H3/b14-13-. The Balaban J connectivity index is 3.13. The molecule has 0 heterocycles. The number of hydrogen-bond donors (Lipinski definition) is 0. The van der Waals surface area contributed by atoms with Gasteiger partial charge in [-0.05, 0) is 25.5 Å². The quantitative estimate of drug-likeness (QED) is 0.622. The third kappa shape index (κ3) is 3.84. The van der Waals surface area contributed by atoms with Crippen LogP contribution in [0.25, 0.3) is 0 Å². The molecular formula is C13H20N2O2S. The zero-order chi connectivity index (χ0) is 13.8. The van der Waals surface area contributed by atoms with Gasteiger partial charge in [-0.3, -0.25) is 0 Å². The van der Waals surface area contributed by atoms with Gasteiger partial charge in [0, 0.05) is 20.5 Å². The van der Waals surface area contributed by atoms with Gasteiger partial charge in [0.1, 0.15) is 5.84 Å². The van der Waals surface area contributed by atoms with E-state index in [1.54, 1.807) is 43.3 Å². The van der Waals surface area contributed by atoms with Crippen LogP contribution in [0.4, 0.5) is 0 Å². The van der Waals surface area contributed by atoms with Crippen LogP contribution in [0.5, 0.6) is 0 Å². The number of sulfonamides is 1. The van der Waals surface area contributed by atoms with E-state index in [4.69, 9.17) is 0 Å². The maximum absolute atomic E-state index is 12.1. The highest BCUT2D eigenvalue weighted by Crippen LogP contribution is 2.14. The molecule has 4 nitrogen and oxygen atoms in total. The molecule has 18 heavy (non-hydrogen) atoms. The molecule has 0 unspecified atom stereocenters. The van der Waals surface area contributed by atoms with Gasteiger partial charge in [0.15, 0.2) is 0 Å². The molecule has 0 aliphatic heterocycles. The Kier molecular flexibility index (Phi) is 4.90. The summed E-state index contributed by atoms with van der Waals surface area (Å²) in [6, 6.07) is 6.73. The van der Waals surface area contributed by atoms with E-state index in [0.29, 0.717) is 12.3 Å². The SMILES string of the molecule is CCC/C(=N/S(=O)(=O)c1ccc(C)cc1)N(C)C. The minimum absolute atomic E-state index is 0.239. The first-order valence-electron chi connectivity index (χ1n) is 5.94. The van der Waals surface area contributed by atoms with Crippen molar-refractivity contribution in [3.8, 4) is 0 Å². The summed E-state index contributed by atoms with van der Waals surface area (Å²) in [7, 11) is 0.0123. The maximum atomic E-state index is 12.1. The third-order valence-corrected chi connectivity index (χ3v) is 3.85. The van der Waals surface area contributed by atoms with Crippen molar-refractivity contribution in [2.75, 3.05) is 14.1 Å². The lowest BCUT2D eigenvalue weighted by Crippen LogP contribution is -2.23. The summed E-state index contributed by atoms with van der Waals surface area (Å²) in [4.78, 5) is 1.98. The highest BCUT2D eigenvalue weighted by Gasteiger charge is 2.14. The molecule has 0 N–H and O–H groups in total. The largest absolute Gasteiger partial charge is 0.365 e. The zero-order valence-electron chi connectivity index (χ0n) is 11.3. The van der Waals surface area contributed by atoms with E-state index in [9.17, 15) is 8.42 Å². The number of aryl methyl sites for hydroxylation is 1. The summed E-state index contributed by atoms with van der Waals surface area (Å²) in [6.07, 6.45) is 1.51. The number of benzene rings is 1. The highest BCUT2D eigenvalue weighted by atomic mass is 32.2. The molecule has 0 radical (unpaired) electrons. The summed E-state index contributed by atoms with van der Waals surface area (Å²) in [5.41, 5.74) is 1.03. The van der Waals surface area contributed by atoms with Crippen LogP contribution in [-0.2, 0) is 10.0 Å². The minimum atomic E-state index is -3.60. The van der Waals surface area contributed by atoms with Crippen molar-refractivity contribution in [3.05, 3.63) is 29.8 Å². The molecule has 0 fully saturated rings. The molecule has 0 saturated carbocycles. The van der Waals surface area contributed by atoms with Gasteiger partial charge < -0.3 is 4.90 Å². The molecule has 0 saturated heterocycles. The Bertz CT molecular complexity index is 516. The second-order valence-corrected chi connectivity index (χ2v) is 6.04. The molecule has 0 aromatic heterocycles. The summed E-state index contributed by atoms with van der Waals surface area (Å²) >= 11 is 0. The van der Waals surface area contributed by atoms with Crippen molar-refractivity contribution in [2.45, 2.75) is 31.6 Å². The van der Waals surface area contributed by atoms with Crippen LogP contribution < -0.4 is 0 Å². The predicted octanol–water partition coefficient (Wildman–Crippen LogP) is 2.44. The average molecular weight is 268 g/mol. The van der Waals surface area contributed by atoms with Gasteiger partial charge in [-0.2, -0.15) is 8.42 Å². The fraction of sp³-hybridized carbons (Fsp3) is 0.462. The summed E-state index contributed by atoms with van der Waals surface area (Å²) in [6.45, 7) is 3.92. The average Bonchev–Trinajstić information content (AvgIpc) is 2.28. The third-order valence-electron chi connectivity index (χ3n) is 2.53. The number of amidine groups is 1. The zero-order valence-corrected chi connectivity index (χ0v) is 12.2. The predicted molar refractivity (Wildman–Crippen MR) is 74.4 cm³/mol. The lowest BCUT2D eigenvalue weighted by atomic mass is 10.2. The van der Waals surface area contributed by atoms with Crippen LogP contribution in [-0.4, -0.2) is 33.2 Å². The van der Waals surface area contributed by atoms with Gasteiger partial charge in [0.2, 0.25) is 0 Å². The van der Waals surface area contributed by atoms with Gasteiger partial charge in [0.05, 0.1) is 4.90 Å². The summed E-state index contributed by atoms with van der Waals surface area (Å²) < 4.78 is 28.2. The molecule has 0 aliphatic carbocycles. The summed E-state index contributed by atoms with van der Waals surface area (Å²) in [5.74, 6) is 0.582. The lowest BCUT2D eigenvalue weighted by molar-refractivity contribution is 0.584. The van der Waals surface area contributed by atoms with Crippen LogP contribution >= 0.6 is 0 Å². The van der Waals surface area contributed by atoms with E-state index in [-0.39, 0.29) is 4.90 Å². The molecule has 100 valence electrons. The first kappa shape index (κ1) is 14.7. The Morgan fingerprint density at radius 2 is 1.78 bits per heavy atom. The summed E-state index contributed by atoms with van der Waals surface area (Å²) in [5, 5.41) is 0. The van der Waals surface area contributed by atoms with Gasteiger partial charge in [-0.15, -0.1) is 4.40 Å². The Hall–Kier alpha value is -1.36. The number of rotatable bonds is 4. The molecule has 5 heteroatoms. The molecular weight excluding hydrogens is 248 g/mol. The molecule has 1 rings (SSSR count). The minimum Gasteiger partial charge on any atom is -0.365 e. The van der Waals surface area contributed by atoms with E-state index >= 15 is 0 Å². The normalized spacial score (nSPS) is 12.6. The Morgan fingerprint density at radius 1 is 1.22 bits per heavy atom.